The van der Waals surface area contributed by atoms with Gasteiger partial charge in [0.15, 0.2) is 0 Å². The topological polar surface area (TPSA) is 67.5 Å². The van der Waals surface area contributed by atoms with Gasteiger partial charge in [-0.05, 0) is 31.0 Å². The molecular weight excluding hydrogens is 316 g/mol. The molecule has 1 aliphatic heterocycles. The van der Waals surface area contributed by atoms with Crippen molar-refractivity contribution in [3.8, 4) is 0 Å². The Morgan fingerprint density at radius 1 is 1.36 bits per heavy atom. The molecule has 0 bridgehead atoms. The molecule has 1 atom stereocenters. The predicted octanol–water partition coefficient (Wildman–Crippen LogP) is 1.46. The first-order chi connectivity index (χ1) is 12.2. The van der Waals surface area contributed by atoms with Gasteiger partial charge >= 0.3 is 0 Å². The highest BCUT2D eigenvalue weighted by molar-refractivity contribution is 6.00. The third-order valence-corrected chi connectivity index (χ3v) is 4.75. The van der Waals surface area contributed by atoms with E-state index in [-0.39, 0.29) is 11.9 Å². The molecule has 1 fully saturated rings. The van der Waals surface area contributed by atoms with Crippen LogP contribution in [0, 0.1) is 0 Å². The van der Waals surface area contributed by atoms with Gasteiger partial charge in [0.25, 0.3) is 5.91 Å². The summed E-state index contributed by atoms with van der Waals surface area (Å²) in [6, 6.07) is 4.21. The molecule has 1 amide bonds. The molecule has 0 aromatic carbocycles. The van der Waals surface area contributed by atoms with Crippen LogP contribution in [0.5, 0.6) is 0 Å². The second kappa shape index (κ2) is 6.68. The summed E-state index contributed by atoms with van der Waals surface area (Å²) >= 11 is 0. The van der Waals surface area contributed by atoms with Crippen LogP contribution in [0.2, 0.25) is 0 Å². The number of rotatable bonds is 4. The molecule has 7 heteroatoms. The second-order valence-corrected chi connectivity index (χ2v) is 6.64. The molecule has 4 rings (SSSR count). The summed E-state index contributed by atoms with van der Waals surface area (Å²) in [5.74, 6) is -0.0509. The van der Waals surface area contributed by atoms with Gasteiger partial charge in [-0.1, -0.05) is 6.07 Å². The van der Waals surface area contributed by atoms with Gasteiger partial charge in [0.05, 0.1) is 6.20 Å². The van der Waals surface area contributed by atoms with Crippen LogP contribution < -0.4 is 5.32 Å². The van der Waals surface area contributed by atoms with Gasteiger partial charge in [-0.3, -0.25) is 14.7 Å². The molecule has 1 saturated heterocycles. The second-order valence-electron chi connectivity index (χ2n) is 6.64. The summed E-state index contributed by atoms with van der Waals surface area (Å²) in [6.45, 7) is 2.78. The summed E-state index contributed by atoms with van der Waals surface area (Å²) in [5, 5.41) is 7.43. The number of nitrogens with one attached hydrogen (secondary N) is 1. The number of imidazole rings is 1. The molecule has 4 heterocycles. The number of piperidine rings is 1. The molecule has 3 aromatic rings. The average molecular weight is 338 g/mol. The van der Waals surface area contributed by atoms with E-state index in [4.69, 9.17) is 0 Å². The fraction of sp³-hybridized carbons (Fsp3) is 0.389. The maximum absolute atomic E-state index is 12.7. The molecule has 7 nitrogen and oxygen atoms in total. The fourth-order valence-corrected chi connectivity index (χ4v) is 3.54. The molecule has 0 radical (unpaired) electrons. The van der Waals surface area contributed by atoms with Crippen LogP contribution >= 0.6 is 0 Å². The highest BCUT2D eigenvalue weighted by Crippen LogP contribution is 2.15. The molecule has 0 unspecified atom stereocenters. The van der Waals surface area contributed by atoms with Crippen molar-refractivity contribution >= 4 is 11.6 Å². The molecule has 0 aliphatic carbocycles. The normalized spacial score (nSPS) is 18.5. The average Bonchev–Trinajstić information content (AvgIpc) is 3.19. The molecule has 1 N–H and O–H groups in total. The number of hydrogen-bond acceptors (Lipinski definition) is 4. The lowest BCUT2D eigenvalue weighted by atomic mass is 10.0. The zero-order valence-electron chi connectivity index (χ0n) is 14.3. The van der Waals surface area contributed by atoms with Gasteiger partial charge in [-0.2, -0.15) is 5.10 Å². The quantitative estimate of drug-likeness (QED) is 0.782. The van der Waals surface area contributed by atoms with Crippen molar-refractivity contribution in [1.82, 2.24) is 29.4 Å². The van der Waals surface area contributed by atoms with Crippen LogP contribution in [0.1, 0.15) is 28.8 Å². The lowest BCUT2D eigenvalue weighted by Gasteiger charge is -2.33. The van der Waals surface area contributed by atoms with Crippen LogP contribution in [0.25, 0.3) is 5.65 Å². The van der Waals surface area contributed by atoms with Gasteiger partial charge in [0.1, 0.15) is 11.2 Å². The highest BCUT2D eigenvalue weighted by Gasteiger charge is 2.23. The van der Waals surface area contributed by atoms with E-state index in [1.54, 1.807) is 16.9 Å². The number of aryl methyl sites for hydroxylation is 1. The Bertz CT molecular complexity index is 868. The maximum atomic E-state index is 12.7. The van der Waals surface area contributed by atoms with E-state index in [1.165, 1.54) is 5.56 Å². The van der Waals surface area contributed by atoms with Gasteiger partial charge in [0.2, 0.25) is 0 Å². The van der Waals surface area contributed by atoms with E-state index >= 15 is 0 Å². The first kappa shape index (κ1) is 15.8. The first-order valence-electron chi connectivity index (χ1n) is 8.61. The van der Waals surface area contributed by atoms with Gasteiger partial charge < -0.3 is 9.88 Å². The summed E-state index contributed by atoms with van der Waals surface area (Å²) in [5.41, 5.74) is 2.65. The molecule has 25 heavy (non-hydrogen) atoms. The lowest BCUT2D eigenvalue weighted by molar-refractivity contribution is 0.0902. The van der Waals surface area contributed by atoms with Crippen molar-refractivity contribution in [2.45, 2.75) is 25.4 Å². The summed E-state index contributed by atoms with van der Waals surface area (Å²) in [7, 11) is 1.92. The van der Waals surface area contributed by atoms with Crippen LogP contribution in [-0.2, 0) is 13.6 Å². The van der Waals surface area contributed by atoms with Crippen LogP contribution in [0.4, 0.5) is 0 Å². The number of pyridine rings is 1. The van der Waals surface area contributed by atoms with E-state index in [2.05, 4.69) is 26.4 Å². The molecular formula is C18H22N6O. The minimum absolute atomic E-state index is 0.0509. The summed E-state index contributed by atoms with van der Waals surface area (Å²) in [6.07, 6.45) is 11.2. The van der Waals surface area contributed by atoms with E-state index in [0.717, 1.165) is 38.1 Å². The Morgan fingerprint density at radius 2 is 2.28 bits per heavy atom. The smallest absolute Gasteiger partial charge is 0.256 e. The fourth-order valence-electron chi connectivity index (χ4n) is 3.54. The number of likely N-dealkylation sites (tertiary alicyclic amines) is 1. The summed E-state index contributed by atoms with van der Waals surface area (Å²) < 4.78 is 3.64. The van der Waals surface area contributed by atoms with Crippen LogP contribution in [0.3, 0.4) is 0 Å². The third-order valence-electron chi connectivity index (χ3n) is 4.75. The molecule has 0 spiro atoms. The first-order valence-corrected chi connectivity index (χ1v) is 8.61. The zero-order valence-corrected chi connectivity index (χ0v) is 14.3. The molecule has 1 aliphatic rings. The Hall–Kier alpha value is -2.67. The number of fused-ring (bicyclic) bond motifs is 1. The van der Waals surface area contributed by atoms with E-state index in [1.807, 2.05) is 36.3 Å². The molecule has 3 aromatic heterocycles. The molecule has 0 saturated carbocycles. The predicted molar refractivity (Wildman–Crippen MR) is 94.2 cm³/mol. The van der Waals surface area contributed by atoms with Gasteiger partial charge in [-0.15, -0.1) is 0 Å². The Balaban J connectivity index is 1.42. The number of hydrogen-bond donors (Lipinski definition) is 1. The van der Waals surface area contributed by atoms with Crippen molar-refractivity contribution in [1.29, 1.82) is 0 Å². The van der Waals surface area contributed by atoms with Gasteiger partial charge in [-0.25, -0.2) is 4.52 Å². The van der Waals surface area contributed by atoms with Crippen LogP contribution in [-0.4, -0.2) is 49.1 Å². The van der Waals surface area contributed by atoms with Crippen molar-refractivity contribution in [2.24, 2.45) is 7.05 Å². The van der Waals surface area contributed by atoms with E-state index in [0.29, 0.717) is 5.56 Å². The number of carbonyl (C=O) groups is 1. The SMILES string of the molecule is Cn1ccn2ncc(C(=O)N[C@H]3CCCN(Cc4cccnc4)C3)c12. The molecule has 130 valence electrons. The Morgan fingerprint density at radius 3 is 3.12 bits per heavy atom. The maximum Gasteiger partial charge on any atom is 0.256 e. The van der Waals surface area contributed by atoms with Crippen molar-refractivity contribution in [3.05, 3.63) is 54.2 Å². The lowest BCUT2D eigenvalue weighted by Crippen LogP contribution is -2.47. The Labute approximate surface area is 146 Å². The number of nitrogens with zero attached hydrogens (tertiary/aromatic N) is 5. The van der Waals surface area contributed by atoms with E-state index < -0.39 is 0 Å². The Kier molecular flexibility index (Phi) is 4.23. The van der Waals surface area contributed by atoms with Crippen molar-refractivity contribution < 1.29 is 4.79 Å². The minimum atomic E-state index is -0.0509. The number of carbonyl (C=O) groups excluding carboxylic acids is 1. The minimum Gasteiger partial charge on any atom is -0.348 e. The largest absolute Gasteiger partial charge is 0.348 e. The number of amides is 1. The van der Waals surface area contributed by atoms with Crippen molar-refractivity contribution in [2.75, 3.05) is 13.1 Å². The van der Waals surface area contributed by atoms with Crippen molar-refractivity contribution in [3.63, 3.8) is 0 Å². The van der Waals surface area contributed by atoms with Gasteiger partial charge in [0, 0.05) is 51.0 Å². The number of aromatic nitrogens is 4. The van der Waals surface area contributed by atoms with Crippen LogP contribution in [0.15, 0.2) is 43.1 Å². The van der Waals surface area contributed by atoms with E-state index in [9.17, 15) is 4.79 Å². The third kappa shape index (κ3) is 3.28. The zero-order chi connectivity index (χ0) is 17.2. The standard InChI is InChI=1S/C18H22N6O/c1-22-8-9-24-18(22)16(11-20-24)17(25)21-15-5-3-7-23(13-15)12-14-4-2-6-19-10-14/h2,4,6,8-11,15H,3,5,7,12-13H2,1H3,(H,21,25)/t15-/m0/s1. The highest BCUT2D eigenvalue weighted by atomic mass is 16.1. The monoisotopic (exact) mass is 338 g/mol. The summed E-state index contributed by atoms with van der Waals surface area (Å²) in [4.78, 5) is 19.2.